The van der Waals surface area contributed by atoms with Gasteiger partial charge in [0, 0.05) is 11.1 Å². The monoisotopic (exact) mass is 478 g/mol. The van der Waals surface area contributed by atoms with Crippen LogP contribution in [0.2, 0.25) is 0 Å². The zero-order valence-electron chi connectivity index (χ0n) is 18.7. The molecule has 10 heteroatoms. The number of halogens is 2. The summed E-state index contributed by atoms with van der Waals surface area (Å²) in [4.78, 5) is 12.6. The molecular weight excluding hydrogens is 454 g/mol. The molecule has 33 heavy (non-hydrogen) atoms. The predicted octanol–water partition coefficient (Wildman–Crippen LogP) is 5.57. The highest BCUT2D eigenvalue weighted by molar-refractivity contribution is 8.00. The summed E-state index contributed by atoms with van der Waals surface area (Å²) in [5.41, 5.74) is 0.618. The van der Waals surface area contributed by atoms with E-state index in [0.29, 0.717) is 42.6 Å². The minimum atomic E-state index is -1.08. The van der Waals surface area contributed by atoms with Gasteiger partial charge in [-0.3, -0.25) is 4.79 Å². The molecule has 1 aromatic heterocycles. The summed E-state index contributed by atoms with van der Waals surface area (Å²) < 4.78 is 49.5. The molecular formula is C23H24F2N2O5S. The summed E-state index contributed by atoms with van der Waals surface area (Å²) in [7, 11) is 0. The summed E-state index contributed by atoms with van der Waals surface area (Å²) in [6.45, 7) is 8.47. The number of hydrogen-bond donors (Lipinski definition) is 0. The first-order valence-electron chi connectivity index (χ1n) is 10.4. The lowest BCUT2D eigenvalue weighted by Crippen LogP contribution is -2.14. The number of aromatic nitrogens is 2. The molecule has 0 radical (unpaired) electrons. The first kappa shape index (κ1) is 24.5. The fourth-order valence-corrected chi connectivity index (χ4v) is 3.74. The largest absolute Gasteiger partial charge is 0.490 e. The Labute approximate surface area is 194 Å². The zero-order chi connectivity index (χ0) is 24.0. The Morgan fingerprint density at radius 1 is 0.970 bits per heavy atom. The second kappa shape index (κ2) is 11.1. The average molecular weight is 479 g/mol. The van der Waals surface area contributed by atoms with E-state index >= 15 is 0 Å². The van der Waals surface area contributed by atoms with Crippen LogP contribution in [0.3, 0.4) is 0 Å². The van der Waals surface area contributed by atoms with E-state index in [-0.39, 0.29) is 16.7 Å². The van der Waals surface area contributed by atoms with Gasteiger partial charge >= 0.3 is 0 Å². The van der Waals surface area contributed by atoms with Crippen molar-refractivity contribution in [1.29, 1.82) is 0 Å². The van der Waals surface area contributed by atoms with Gasteiger partial charge in [0.05, 0.1) is 25.1 Å². The number of ether oxygens (including phenoxy) is 3. The molecule has 0 fully saturated rings. The molecule has 0 amide bonds. The van der Waals surface area contributed by atoms with E-state index in [2.05, 4.69) is 10.2 Å². The van der Waals surface area contributed by atoms with Gasteiger partial charge < -0.3 is 18.6 Å². The Bertz CT molecular complexity index is 1090. The van der Waals surface area contributed by atoms with Crippen molar-refractivity contribution in [3.63, 3.8) is 0 Å². The fraction of sp³-hybridized carbons (Fsp3) is 0.348. The van der Waals surface area contributed by atoms with Crippen LogP contribution in [0.5, 0.6) is 17.2 Å². The molecule has 2 aromatic carbocycles. The lowest BCUT2D eigenvalue weighted by atomic mass is 10.1. The van der Waals surface area contributed by atoms with Crippen molar-refractivity contribution in [3.05, 3.63) is 47.5 Å². The third kappa shape index (κ3) is 5.81. The lowest BCUT2D eigenvalue weighted by molar-refractivity contribution is 0.0993. The SMILES string of the molecule is CCOc1cc(-c2nnc(SC(C)C(=O)c3ccc(F)c(F)c3)o2)cc(OCC)c1OCC. The molecule has 0 bridgehead atoms. The molecule has 0 saturated carbocycles. The van der Waals surface area contributed by atoms with Gasteiger partial charge in [-0.1, -0.05) is 11.8 Å². The quantitative estimate of drug-likeness (QED) is 0.261. The van der Waals surface area contributed by atoms with Crippen LogP contribution in [-0.2, 0) is 0 Å². The van der Waals surface area contributed by atoms with E-state index in [1.54, 1.807) is 19.1 Å². The van der Waals surface area contributed by atoms with E-state index in [1.807, 2.05) is 20.8 Å². The highest BCUT2D eigenvalue weighted by Crippen LogP contribution is 2.42. The van der Waals surface area contributed by atoms with Gasteiger partial charge in [0.25, 0.3) is 5.22 Å². The lowest BCUT2D eigenvalue weighted by Gasteiger charge is -2.16. The Morgan fingerprint density at radius 3 is 2.18 bits per heavy atom. The third-order valence-corrected chi connectivity index (χ3v) is 5.35. The number of nitrogens with zero attached hydrogens (tertiary/aromatic N) is 2. The smallest absolute Gasteiger partial charge is 0.277 e. The second-order valence-corrected chi connectivity index (χ2v) is 8.02. The first-order chi connectivity index (χ1) is 15.9. The number of ketones is 1. The van der Waals surface area contributed by atoms with Gasteiger partial charge in [-0.05, 0) is 58.0 Å². The van der Waals surface area contributed by atoms with Crippen LogP contribution in [0, 0.1) is 11.6 Å². The minimum Gasteiger partial charge on any atom is -0.490 e. The van der Waals surface area contributed by atoms with Crippen molar-refractivity contribution in [2.24, 2.45) is 0 Å². The predicted molar refractivity (Wildman–Crippen MR) is 119 cm³/mol. The number of carbonyl (C=O) groups is 1. The van der Waals surface area contributed by atoms with Crippen molar-refractivity contribution in [1.82, 2.24) is 10.2 Å². The molecule has 176 valence electrons. The number of hydrogen-bond acceptors (Lipinski definition) is 8. The Morgan fingerprint density at radius 2 is 1.61 bits per heavy atom. The molecule has 0 spiro atoms. The molecule has 0 aliphatic carbocycles. The van der Waals surface area contributed by atoms with Gasteiger partial charge in [-0.25, -0.2) is 8.78 Å². The summed E-state index contributed by atoms with van der Waals surface area (Å²) in [5.74, 6) is -0.827. The molecule has 0 saturated heterocycles. The van der Waals surface area contributed by atoms with Crippen LogP contribution >= 0.6 is 11.8 Å². The van der Waals surface area contributed by atoms with E-state index in [9.17, 15) is 13.6 Å². The summed E-state index contributed by atoms with van der Waals surface area (Å²) >= 11 is 1.02. The average Bonchev–Trinajstić information content (AvgIpc) is 3.26. The van der Waals surface area contributed by atoms with Crippen molar-refractivity contribution in [2.75, 3.05) is 19.8 Å². The van der Waals surface area contributed by atoms with E-state index in [0.717, 1.165) is 23.9 Å². The van der Waals surface area contributed by atoms with Crippen molar-refractivity contribution in [2.45, 2.75) is 38.2 Å². The fourth-order valence-electron chi connectivity index (χ4n) is 2.98. The molecule has 3 aromatic rings. The van der Waals surface area contributed by atoms with Gasteiger partial charge in [0.15, 0.2) is 28.9 Å². The first-order valence-corrected chi connectivity index (χ1v) is 11.3. The molecule has 0 N–H and O–H groups in total. The number of benzene rings is 2. The van der Waals surface area contributed by atoms with Crippen molar-refractivity contribution in [3.8, 4) is 28.7 Å². The Hall–Kier alpha value is -3.14. The maximum atomic E-state index is 13.5. The molecule has 1 atom stereocenters. The zero-order valence-corrected chi connectivity index (χ0v) is 19.5. The van der Waals surface area contributed by atoms with Gasteiger partial charge in [0.1, 0.15) is 0 Å². The number of rotatable bonds is 11. The summed E-state index contributed by atoms with van der Waals surface area (Å²) in [6, 6.07) is 6.46. The van der Waals surface area contributed by atoms with Crippen LogP contribution in [-0.4, -0.2) is 41.1 Å². The Balaban J connectivity index is 1.84. The van der Waals surface area contributed by atoms with Crippen LogP contribution < -0.4 is 14.2 Å². The topological polar surface area (TPSA) is 83.7 Å². The molecule has 0 aliphatic heterocycles. The highest BCUT2D eigenvalue weighted by Gasteiger charge is 2.23. The normalized spacial score (nSPS) is 11.8. The Kier molecular flexibility index (Phi) is 8.26. The highest BCUT2D eigenvalue weighted by atomic mass is 32.2. The van der Waals surface area contributed by atoms with Gasteiger partial charge in [0.2, 0.25) is 11.6 Å². The molecule has 1 heterocycles. The van der Waals surface area contributed by atoms with Crippen LogP contribution in [0.25, 0.3) is 11.5 Å². The van der Waals surface area contributed by atoms with Crippen molar-refractivity contribution < 1.29 is 32.2 Å². The third-order valence-electron chi connectivity index (χ3n) is 4.41. The number of thioether (sulfide) groups is 1. The molecule has 0 aliphatic rings. The minimum absolute atomic E-state index is 0.0582. The maximum Gasteiger partial charge on any atom is 0.277 e. The van der Waals surface area contributed by atoms with Crippen LogP contribution in [0.15, 0.2) is 40.0 Å². The van der Waals surface area contributed by atoms with Gasteiger partial charge in [-0.2, -0.15) is 0 Å². The van der Waals surface area contributed by atoms with Crippen molar-refractivity contribution >= 4 is 17.5 Å². The van der Waals surface area contributed by atoms with E-state index in [1.165, 1.54) is 6.07 Å². The van der Waals surface area contributed by atoms with E-state index < -0.39 is 22.7 Å². The molecule has 1 unspecified atom stereocenters. The number of carbonyl (C=O) groups excluding carboxylic acids is 1. The number of Topliss-reactive ketones (excluding diaryl/α,β-unsaturated/α-hetero) is 1. The summed E-state index contributed by atoms with van der Waals surface area (Å²) in [5, 5.41) is 7.55. The van der Waals surface area contributed by atoms with E-state index in [4.69, 9.17) is 18.6 Å². The molecule has 7 nitrogen and oxygen atoms in total. The second-order valence-electron chi connectivity index (χ2n) is 6.73. The maximum absolute atomic E-state index is 13.5. The summed E-state index contributed by atoms with van der Waals surface area (Å²) in [6.07, 6.45) is 0. The van der Waals surface area contributed by atoms with Crippen LogP contribution in [0.1, 0.15) is 38.1 Å². The van der Waals surface area contributed by atoms with Crippen LogP contribution in [0.4, 0.5) is 8.78 Å². The van der Waals surface area contributed by atoms with Gasteiger partial charge in [-0.15, -0.1) is 10.2 Å². The standard InChI is InChI=1S/C23H24F2N2O5S/c1-5-29-18-11-15(12-19(30-6-2)21(18)31-7-3)22-26-27-23(32-22)33-13(4)20(28)14-8-9-16(24)17(25)10-14/h8-13H,5-7H2,1-4H3. The molecule has 3 rings (SSSR count).